The Morgan fingerprint density at radius 3 is 2.55 bits per heavy atom. The van der Waals surface area contributed by atoms with Gasteiger partial charge in [0.1, 0.15) is 6.04 Å². The van der Waals surface area contributed by atoms with Gasteiger partial charge in [0.25, 0.3) is 0 Å². The van der Waals surface area contributed by atoms with Gasteiger partial charge in [-0.05, 0) is 30.0 Å². The molecule has 1 rings (SSSR count). The molecule has 0 unspecified atom stereocenters. The van der Waals surface area contributed by atoms with E-state index in [1.807, 2.05) is 19.9 Å². The molecule has 0 aliphatic heterocycles. The van der Waals surface area contributed by atoms with E-state index in [1.165, 1.54) is 0 Å². The number of primary amides is 1. The van der Waals surface area contributed by atoms with Gasteiger partial charge in [-0.15, -0.1) is 0 Å². The molecule has 0 radical (unpaired) electrons. The smallest absolute Gasteiger partial charge is 0.312 e. The van der Waals surface area contributed by atoms with Crippen molar-refractivity contribution in [3.8, 4) is 0 Å². The van der Waals surface area contributed by atoms with Crippen molar-refractivity contribution >= 4 is 35.1 Å². The summed E-state index contributed by atoms with van der Waals surface area (Å²) in [6.07, 6.45) is 1.33. The van der Waals surface area contributed by atoms with Crippen LogP contribution in [0, 0.1) is 5.92 Å². The summed E-state index contributed by atoms with van der Waals surface area (Å²) in [7, 11) is 0. The number of carbonyl (C=O) groups excluding carboxylic acids is 2. The molecular formula is C15H21Cl2N3O2. The lowest BCUT2D eigenvalue weighted by molar-refractivity contribution is -0.124. The van der Waals surface area contributed by atoms with E-state index in [-0.39, 0.29) is 11.8 Å². The Labute approximate surface area is 140 Å². The molecule has 3 amide bonds. The number of urea groups is 1. The molecule has 0 bridgehead atoms. The lowest BCUT2D eigenvalue weighted by atomic mass is 9.98. The summed E-state index contributed by atoms with van der Waals surface area (Å²) < 4.78 is 0. The van der Waals surface area contributed by atoms with Gasteiger partial charge in [-0.3, -0.25) is 4.79 Å². The van der Waals surface area contributed by atoms with Crippen molar-refractivity contribution in [3.05, 3.63) is 33.8 Å². The van der Waals surface area contributed by atoms with Crippen molar-refractivity contribution in [2.75, 3.05) is 6.54 Å². The molecule has 4 N–H and O–H groups in total. The molecule has 0 spiro atoms. The molecule has 2 atom stereocenters. The number of benzene rings is 1. The van der Waals surface area contributed by atoms with Crippen LogP contribution in [0.1, 0.15) is 25.8 Å². The summed E-state index contributed by atoms with van der Waals surface area (Å²) in [6, 6.07) is 3.90. The van der Waals surface area contributed by atoms with Gasteiger partial charge < -0.3 is 16.4 Å². The molecular weight excluding hydrogens is 325 g/mol. The fourth-order valence-electron chi connectivity index (χ4n) is 2.01. The molecule has 1 aromatic rings. The summed E-state index contributed by atoms with van der Waals surface area (Å²) in [5.74, 6) is -0.259. The first-order valence-corrected chi connectivity index (χ1v) is 7.88. The van der Waals surface area contributed by atoms with Crippen molar-refractivity contribution in [3.63, 3.8) is 0 Å². The predicted octanol–water partition coefficient (Wildman–Crippen LogP) is 2.74. The second-order valence-electron chi connectivity index (χ2n) is 5.15. The number of nitrogens with one attached hydrogen (secondary N) is 2. The third-order valence-electron chi connectivity index (χ3n) is 3.50. The molecule has 22 heavy (non-hydrogen) atoms. The number of rotatable bonds is 7. The summed E-state index contributed by atoms with van der Waals surface area (Å²) in [6.45, 7) is 4.24. The number of nitrogens with two attached hydrogens (primary N) is 1. The maximum Gasteiger partial charge on any atom is 0.312 e. The highest BCUT2D eigenvalue weighted by Gasteiger charge is 2.24. The largest absolute Gasteiger partial charge is 0.354 e. The molecule has 0 aliphatic rings. The average molecular weight is 346 g/mol. The van der Waals surface area contributed by atoms with Gasteiger partial charge >= 0.3 is 6.03 Å². The first kappa shape index (κ1) is 18.6. The van der Waals surface area contributed by atoms with Crippen LogP contribution in [-0.2, 0) is 11.2 Å². The fraction of sp³-hybridized carbons (Fsp3) is 0.467. The van der Waals surface area contributed by atoms with Crippen molar-refractivity contribution < 1.29 is 9.59 Å². The highest BCUT2D eigenvalue weighted by Crippen LogP contribution is 2.21. The van der Waals surface area contributed by atoms with Crippen LogP contribution in [0.5, 0.6) is 0 Å². The molecule has 1 aromatic carbocycles. The quantitative estimate of drug-likeness (QED) is 0.709. The maximum absolute atomic E-state index is 12.2. The summed E-state index contributed by atoms with van der Waals surface area (Å²) in [5.41, 5.74) is 6.01. The average Bonchev–Trinajstić information content (AvgIpc) is 2.45. The number of halogens is 2. The lowest BCUT2D eigenvalue weighted by Gasteiger charge is -2.22. The maximum atomic E-state index is 12.2. The van der Waals surface area contributed by atoms with Crippen LogP contribution in [0.15, 0.2) is 18.2 Å². The van der Waals surface area contributed by atoms with Crippen molar-refractivity contribution in [2.24, 2.45) is 11.7 Å². The highest BCUT2D eigenvalue weighted by molar-refractivity contribution is 6.35. The summed E-state index contributed by atoms with van der Waals surface area (Å²) in [4.78, 5) is 23.2. The van der Waals surface area contributed by atoms with Crippen LogP contribution >= 0.6 is 23.2 Å². The number of carbonyl (C=O) groups is 2. The van der Waals surface area contributed by atoms with Gasteiger partial charge in [-0.25, -0.2) is 4.79 Å². The van der Waals surface area contributed by atoms with Crippen LogP contribution in [0.2, 0.25) is 10.0 Å². The van der Waals surface area contributed by atoms with Crippen LogP contribution < -0.4 is 16.4 Å². The molecule has 7 heteroatoms. The molecule has 0 aromatic heterocycles. The van der Waals surface area contributed by atoms with E-state index in [4.69, 9.17) is 28.9 Å². The predicted molar refractivity (Wildman–Crippen MR) is 89.1 cm³/mol. The number of hydrogen-bond donors (Lipinski definition) is 3. The van der Waals surface area contributed by atoms with Crippen LogP contribution in [0.25, 0.3) is 0 Å². The van der Waals surface area contributed by atoms with E-state index >= 15 is 0 Å². The Kier molecular flexibility index (Phi) is 7.48. The van der Waals surface area contributed by atoms with Crippen molar-refractivity contribution in [2.45, 2.75) is 32.7 Å². The molecule has 0 aliphatic carbocycles. The Hall–Kier alpha value is -1.46. The van der Waals surface area contributed by atoms with Crippen LogP contribution in [0.3, 0.4) is 0 Å². The Balaban J connectivity index is 2.57. The van der Waals surface area contributed by atoms with Gasteiger partial charge in [-0.1, -0.05) is 49.5 Å². The van der Waals surface area contributed by atoms with E-state index < -0.39 is 12.1 Å². The zero-order valence-corrected chi connectivity index (χ0v) is 14.2. The number of hydrogen-bond acceptors (Lipinski definition) is 2. The van der Waals surface area contributed by atoms with E-state index in [2.05, 4.69) is 10.6 Å². The topological polar surface area (TPSA) is 84.2 Å². The fourth-order valence-corrected chi connectivity index (χ4v) is 2.51. The molecule has 122 valence electrons. The molecule has 5 nitrogen and oxygen atoms in total. The minimum Gasteiger partial charge on any atom is -0.354 e. The van der Waals surface area contributed by atoms with E-state index in [9.17, 15) is 9.59 Å². The van der Waals surface area contributed by atoms with Gasteiger partial charge in [0, 0.05) is 16.6 Å². The van der Waals surface area contributed by atoms with E-state index in [0.717, 1.165) is 12.0 Å². The van der Waals surface area contributed by atoms with Gasteiger partial charge in [0.2, 0.25) is 5.91 Å². The van der Waals surface area contributed by atoms with Crippen LogP contribution in [-0.4, -0.2) is 24.5 Å². The standard InChI is InChI=1S/C15H21Cl2N3O2/c1-3-9(2)13(20-15(18)22)14(21)19-7-6-10-4-5-11(16)8-12(10)17/h4-5,8-9,13H,3,6-7H2,1-2H3,(H,19,21)(H3,18,20,22)/t9-,13-/m0/s1. The monoisotopic (exact) mass is 345 g/mol. The first-order chi connectivity index (χ1) is 10.3. The molecule has 0 saturated carbocycles. The highest BCUT2D eigenvalue weighted by atomic mass is 35.5. The second-order valence-corrected chi connectivity index (χ2v) is 5.99. The Morgan fingerprint density at radius 1 is 1.32 bits per heavy atom. The summed E-state index contributed by atoms with van der Waals surface area (Å²) in [5, 5.41) is 6.41. The molecule has 0 saturated heterocycles. The molecule has 0 fully saturated rings. The molecule has 0 heterocycles. The Morgan fingerprint density at radius 2 is 2.00 bits per heavy atom. The SMILES string of the molecule is CC[C@H](C)[C@H](NC(N)=O)C(=O)NCCc1ccc(Cl)cc1Cl. The lowest BCUT2D eigenvalue weighted by Crippen LogP contribution is -2.52. The summed E-state index contributed by atoms with van der Waals surface area (Å²) >= 11 is 11.9. The van der Waals surface area contributed by atoms with Gasteiger partial charge in [0.15, 0.2) is 0 Å². The van der Waals surface area contributed by atoms with E-state index in [0.29, 0.717) is 23.0 Å². The third kappa shape index (κ3) is 5.73. The minimum atomic E-state index is -0.707. The second kappa shape index (κ2) is 8.86. The van der Waals surface area contributed by atoms with Gasteiger partial charge in [-0.2, -0.15) is 0 Å². The normalized spacial score (nSPS) is 13.3. The zero-order chi connectivity index (χ0) is 16.7. The van der Waals surface area contributed by atoms with Crippen molar-refractivity contribution in [1.29, 1.82) is 0 Å². The minimum absolute atomic E-state index is 0.00776. The Bertz CT molecular complexity index is 538. The third-order valence-corrected chi connectivity index (χ3v) is 4.09. The van der Waals surface area contributed by atoms with Gasteiger partial charge in [0.05, 0.1) is 0 Å². The first-order valence-electron chi connectivity index (χ1n) is 7.12. The van der Waals surface area contributed by atoms with Crippen molar-refractivity contribution in [1.82, 2.24) is 10.6 Å². The van der Waals surface area contributed by atoms with E-state index in [1.54, 1.807) is 12.1 Å². The zero-order valence-electron chi connectivity index (χ0n) is 12.7. The van der Waals surface area contributed by atoms with Crippen LogP contribution in [0.4, 0.5) is 4.79 Å². The number of amides is 3.